The predicted octanol–water partition coefficient (Wildman–Crippen LogP) is 2.43. The van der Waals surface area contributed by atoms with Crippen LogP contribution < -0.4 is 10.5 Å². The highest BCUT2D eigenvalue weighted by Crippen LogP contribution is 2.11. The van der Waals surface area contributed by atoms with Crippen LogP contribution in [0.4, 0.5) is 0 Å². The zero-order valence-electron chi connectivity index (χ0n) is 10.7. The molecule has 0 amide bonds. The van der Waals surface area contributed by atoms with Gasteiger partial charge in [-0.3, -0.25) is 4.79 Å². The van der Waals surface area contributed by atoms with Crippen LogP contribution in [0.5, 0.6) is 5.75 Å². The van der Waals surface area contributed by atoms with Crippen molar-refractivity contribution < 1.29 is 9.53 Å². The number of rotatable bonds is 4. The lowest BCUT2D eigenvalue weighted by Gasteiger charge is -2.02. The Bertz CT molecular complexity index is 245. The molecule has 0 spiro atoms. The van der Waals surface area contributed by atoms with Gasteiger partial charge in [0.05, 0.1) is 0 Å². The molecule has 0 aliphatic rings. The van der Waals surface area contributed by atoms with Crippen molar-refractivity contribution in [1.29, 1.82) is 0 Å². The van der Waals surface area contributed by atoms with Crippen molar-refractivity contribution in [2.45, 2.75) is 27.2 Å². The average molecular weight is 225 g/mol. The lowest BCUT2D eigenvalue weighted by Crippen LogP contribution is -1.97. The summed E-state index contributed by atoms with van der Waals surface area (Å²) >= 11 is 0. The summed E-state index contributed by atoms with van der Waals surface area (Å²) in [6.07, 6.45) is 1.77. The van der Waals surface area contributed by atoms with Crippen molar-refractivity contribution in [3.05, 3.63) is 29.8 Å². The van der Waals surface area contributed by atoms with E-state index in [0.29, 0.717) is 0 Å². The summed E-state index contributed by atoms with van der Waals surface area (Å²) in [7, 11) is 1.50. The molecule has 1 aromatic rings. The molecule has 16 heavy (non-hydrogen) atoms. The fourth-order valence-corrected chi connectivity index (χ4v) is 0.952. The quantitative estimate of drug-likeness (QED) is 0.801. The van der Waals surface area contributed by atoms with Crippen molar-refractivity contribution in [3.8, 4) is 5.75 Å². The van der Waals surface area contributed by atoms with Gasteiger partial charge in [-0.1, -0.05) is 32.9 Å². The lowest BCUT2D eigenvalue weighted by molar-refractivity contribution is -0.109. The van der Waals surface area contributed by atoms with Gasteiger partial charge in [0.15, 0.2) is 6.29 Å². The second-order valence-corrected chi connectivity index (χ2v) is 2.48. The lowest BCUT2D eigenvalue weighted by atomic mass is 10.2. The Morgan fingerprint density at radius 2 is 1.69 bits per heavy atom. The van der Waals surface area contributed by atoms with Crippen LogP contribution in [0.3, 0.4) is 0 Å². The Morgan fingerprint density at radius 3 is 2.06 bits per heavy atom. The smallest absolute Gasteiger partial charge is 0.157 e. The number of benzene rings is 1. The minimum atomic E-state index is 0.130. The second-order valence-electron chi connectivity index (χ2n) is 2.48. The van der Waals surface area contributed by atoms with E-state index in [-0.39, 0.29) is 6.61 Å². The van der Waals surface area contributed by atoms with E-state index in [1.54, 1.807) is 0 Å². The van der Waals surface area contributed by atoms with Crippen LogP contribution >= 0.6 is 0 Å². The van der Waals surface area contributed by atoms with Gasteiger partial charge in [-0.2, -0.15) is 0 Å². The van der Waals surface area contributed by atoms with Crippen molar-refractivity contribution in [3.63, 3.8) is 0 Å². The number of hydrogen-bond donors (Lipinski definition) is 1. The molecule has 0 unspecified atom stereocenters. The maximum atomic E-state index is 9.98. The molecule has 92 valence electrons. The number of aldehydes is 1. The SMILES string of the molecule is CC.CCc1ccc(OCC=O)cc1.CN. The number of ether oxygens (including phenoxy) is 1. The van der Waals surface area contributed by atoms with E-state index in [0.717, 1.165) is 18.5 Å². The average Bonchev–Trinajstić information content (AvgIpc) is 2.41. The summed E-state index contributed by atoms with van der Waals surface area (Å²) < 4.78 is 5.09. The molecule has 0 saturated carbocycles. The van der Waals surface area contributed by atoms with Gasteiger partial charge in [-0.15, -0.1) is 0 Å². The molecular weight excluding hydrogens is 202 g/mol. The first-order chi connectivity index (χ1) is 7.86. The Morgan fingerprint density at radius 1 is 1.19 bits per heavy atom. The third-order valence-electron chi connectivity index (χ3n) is 1.65. The highest BCUT2D eigenvalue weighted by Gasteiger charge is 1.92. The molecule has 0 atom stereocenters. The summed E-state index contributed by atoms with van der Waals surface area (Å²) in [5.74, 6) is 0.749. The van der Waals surface area contributed by atoms with Gasteiger partial charge in [-0.05, 0) is 31.2 Å². The minimum Gasteiger partial charge on any atom is -0.486 e. The van der Waals surface area contributed by atoms with E-state index in [2.05, 4.69) is 12.7 Å². The van der Waals surface area contributed by atoms with Crippen LogP contribution in [0.15, 0.2) is 24.3 Å². The molecule has 0 aliphatic carbocycles. The van der Waals surface area contributed by atoms with E-state index < -0.39 is 0 Å². The Kier molecular flexibility index (Phi) is 14.6. The van der Waals surface area contributed by atoms with Crippen LogP contribution in [-0.2, 0) is 11.2 Å². The van der Waals surface area contributed by atoms with E-state index in [4.69, 9.17) is 4.74 Å². The fraction of sp³-hybridized carbons (Fsp3) is 0.462. The van der Waals surface area contributed by atoms with Crippen molar-refractivity contribution in [2.24, 2.45) is 5.73 Å². The zero-order chi connectivity index (χ0) is 12.8. The summed E-state index contributed by atoms with van der Waals surface area (Å²) in [4.78, 5) is 9.98. The molecule has 3 nitrogen and oxygen atoms in total. The maximum absolute atomic E-state index is 9.98. The number of hydrogen-bond acceptors (Lipinski definition) is 3. The number of aryl methyl sites for hydroxylation is 1. The monoisotopic (exact) mass is 225 g/mol. The minimum absolute atomic E-state index is 0.130. The predicted molar refractivity (Wildman–Crippen MR) is 68.8 cm³/mol. The number of carbonyl (C=O) groups is 1. The third kappa shape index (κ3) is 8.00. The standard InChI is InChI=1S/C10H12O2.C2H6.CH5N/c1-2-9-3-5-10(6-4-9)12-8-7-11;2*1-2/h3-7H,2,8H2,1H3;1-2H3;2H2,1H3. The summed E-state index contributed by atoms with van der Waals surface area (Å²) in [5.41, 5.74) is 5.77. The third-order valence-corrected chi connectivity index (χ3v) is 1.65. The Labute approximate surface area is 98.6 Å². The molecule has 0 saturated heterocycles. The highest BCUT2D eigenvalue weighted by atomic mass is 16.5. The van der Waals surface area contributed by atoms with Gasteiger partial charge >= 0.3 is 0 Å². The van der Waals surface area contributed by atoms with Crippen molar-refractivity contribution in [1.82, 2.24) is 0 Å². The Hall–Kier alpha value is -1.35. The molecule has 0 aromatic heterocycles. The topological polar surface area (TPSA) is 52.3 Å². The molecule has 0 aliphatic heterocycles. The molecule has 0 heterocycles. The van der Waals surface area contributed by atoms with Gasteiger partial charge in [0.25, 0.3) is 0 Å². The normalized spacial score (nSPS) is 7.81. The van der Waals surface area contributed by atoms with Gasteiger partial charge in [-0.25, -0.2) is 0 Å². The van der Waals surface area contributed by atoms with Crippen molar-refractivity contribution in [2.75, 3.05) is 13.7 Å². The fourth-order valence-electron chi connectivity index (χ4n) is 0.952. The zero-order valence-corrected chi connectivity index (χ0v) is 10.7. The van der Waals surface area contributed by atoms with Gasteiger partial charge in [0.2, 0.25) is 0 Å². The number of carbonyl (C=O) groups excluding carboxylic acids is 1. The van der Waals surface area contributed by atoms with E-state index >= 15 is 0 Å². The first kappa shape index (κ1) is 17.1. The Balaban J connectivity index is 0. The van der Waals surface area contributed by atoms with Gasteiger partial charge in [0, 0.05) is 0 Å². The molecule has 0 radical (unpaired) electrons. The molecule has 0 bridgehead atoms. The molecule has 1 aromatic carbocycles. The largest absolute Gasteiger partial charge is 0.486 e. The molecule has 0 fully saturated rings. The molecule has 3 heteroatoms. The van der Waals surface area contributed by atoms with E-state index in [1.807, 2.05) is 38.1 Å². The van der Waals surface area contributed by atoms with Crippen LogP contribution in [0.2, 0.25) is 0 Å². The first-order valence-electron chi connectivity index (χ1n) is 5.60. The summed E-state index contributed by atoms with van der Waals surface area (Å²) in [5, 5.41) is 0. The summed E-state index contributed by atoms with van der Waals surface area (Å²) in [6.45, 7) is 6.23. The van der Waals surface area contributed by atoms with Crippen LogP contribution in [0.1, 0.15) is 26.3 Å². The maximum Gasteiger partial charge on any atom is 0.157 e. The molecular formula is C13H23NO2. The molecule has 1 rings (SSSR count). The van der Waals surface area contributed by atoms with Gasteiger partial charge in [0.1, 0.15) is 12.4 Å². The number of nitrogens with two attached hydrogens (primary N) is 1. The van der Waals surface area contributed by atoms with Crippen LogP contribution in [0.25, 0.3) is 0 Å². The first-order valence-corrected chi connectivity index (χ1v) is 5.60. The van der Waals surface area contributed by atoms with Crippen LogP contribution in [0, 0.1) is 0 Å². The van der Waals surface area contributed by atoms with E-state index in [1.165, 1.54) is 12.6 Å². The second kappa shape index (κ2) is 13.7. The van der Waals surface area contributed by atoms with Crippen LogP contribution in [-0.4, -0.2) is 19.9 Å². The van der Waals surface area contributed by atoms with Crippen molar-refractivity contribution >= 4 is 6.29 Å². The van der Waals surface area contributed by atoms with E-state index in [9.17, 15) is 4.79 Å². The summed E-state index contributed by atoms with van der Waals surface area (Å²) in [6, 6.07) is 7.75. The highest BCUT2D eigenvalue weighted by molar-refractivity contribution is 5.51. The molecule has 2 N–H and O–H groups in total. The van der Waals surface area contributed by atoms with Gasteiger partial charge < -0.3 is 10.5 Å².